The highest BCUT2D eigenvalue weighted by atomic mass is 32.2. The van der Waals surface area contributed by atoms with Crippen LogP contribution in [0.3, 0.4) is 0 Å². The lowest BCUT2D eigenvalue weighted by Crippen LogP contribution is -2.06. The molecule has 0 saturated heterocycles. The molecular formula is C17H23N3O2S. The number of esters is 1. The van der Waals surface area contributed by atoms with E-state index in [9.17, 15) is 4.79 Å². The third-order valence-corrected chi connectivity index (χ3v) is 4.47. The van der Waals surface area contributed by atoms with E-state index in [1.54, 1.807) is 6.92 Å². The van der Waals surface area contributed by atoms with Crippen molar-refractivity contribution in [2.45, 2.75) is 44.4 Å². The topological polar surface area (TPSA) is 67.9 Å². The summed E-state index contributed by atoms with van der Waals surface area (Å²) >= 11 is 1.83. The first-order valence-electron chi connectivity index (χ1n) is 8.07. The average molecular weight is 333 g/mol. The molecule has 1 N–H and O–H groups in total. The summed E-state index contributed by atoms with van der Waals surface area (Å²) in [6.07, 6.45) is 5.05. The van der Waals surface area contributed by atoms with E-state index in [4.69, 9.17) is 4.74 Å². The number of nitrogens with zero attached hydrogens (tertiary/aromatic N) is 2. The molecule has 2 aromatic rings. The van der Waals surface area contributed by atoms with Crippen molar-refractivity contribution >= 4 is 17.7 Å². The Morgan fingerprint density at radius 3 is 2.87 bits per heavy atom. The quantitative estimate of drug-likeness (QED) is 0.420. The Balaban J connectivity index is 2.05. The maximum atomic E-state index is 11.9. The van der Waals surface area contributed by atoms with E-state index >= 15 is 0 Å². The van der Waals surface area contributed by atoms with Gasteiger partial charge in [-0.05, 0) is 31.2 Å². The van der Waals surface area contributed by atoms with Gasteiger partial charge in [0.2, 0.25) is 0 Å². The molecule has 1 heterocycles. The van der Waals surface area contributed by atoms with Crippen LogP contribution >= 0.6 is 11.8 Å². The van der Waals surface area contributed by atoms with E-state index in [-0.39, 0.29) is 5.69 Å². The van der Waals surface area contributed by atoms with Gasteiger partial charge in [-0.2, -0.15) is 10.3 Å². The van der Waals surface area contributed by atoms with Crippen LogP contribution in [0.25, 0.3) is 11.3 Å². The van der Waals surface area contributed by atoms with E-state index in [0.717, 1.165) is 11.3 Å². The summed E-state index contributed by atoms with van der Waals surface area (Å²) in [4.78, 5) is 13.1. The van der Waals surface area contributed by atoms with E-state index in [2.05, 4.69) is 28.4 Å². The van der Waals surface area contributed by atoms with Gasteiger partial charge in [0.1, 0.15) is 5.69 Å². The monoisotopic (exact) mass is 333 g/mol. The number of carbonyl (C=O) groups excluding carboxylic acids is 1. The summed E-state index contributed by atoms with van der Waals surface area (Å²) in [5, 5.41) is 10.5. The fourth-order valence-corrected chi connectivity index (χ4v) is 3.20. The van der Waals surface area contributed by atoms with Crippen molar-refractivity contribution in [1.29, 1.82) is 0 Å². The molecule has 0 radical (unpaired) electrons. The summed E-state index contributed by atoms with van der Waals surface area (Å²) in [6.45, 7) is 4.31. The first kappa shape index (κ1) is 17.5. The Bertz CT molecular complexity index is 628. The minimum atomic E-state index is -0.450. The molecule has 0 unspecified atom stereocenters. The zero-order chi connectivity index (χ0) is 16.5. The molecule has 0 bridgehead atoms. The summed E-state index contributed by atoms with van der Waals surface area (Å²) in [6, 6.07) is 8.04. The van der Waals surface area contributed by atoms with Crippen molar-refractivity contribution in [1.82, 2.24) is 15.4 Å². The van der Waals surface area contributed by atoms with Gasteiger partial charge in [0, 0.05) is 10.5 Å². The van der Waals surface area contributed by atoms with Gasteiger partial charge in [0.15, 0.2) is 5.69 Å². The van der Waals surface area contributed by atoms with Crippen LogP contribution in [0.15, 0.2) is 29.2 Å². The standard InChI is InChI=1S/C17H23N3O2S/c1-3-5-6-7-11-23-14-10-8-9-13(12-14)15-16(19-20-18-15)17(21)22-4-2/h8-10,12H,3-7,11H2,1-2H3,(H,18,19,20). The Kier molecular flexibility index (Phi) is 7.13. The van der Waals surface area contributed by atoms with Gasteiger partial charge in [0.05, 0.1) is 6.61 Å². The average Bonchev–Trinajstić information content (AvgIpc) is 3.05. The number of aromatic amines is 1. The summed E-state index contributed by atoms with van der Waals surface area (Å²) < 4.78 is 5.01. The molecule has 0 saturated carbocycles. The highest BCUT2D eigenvalue weighted by Crippen LogP contribution is 2.27. The van der Waals surface area contributed by atoms with Gasteiger partial charge >= 0.3 is 5.97 Å². The molecule has 0 aliphatic heterocycles. The Morgan fingerprint density at radius 2 is 2.09 bits per heavy atom. The lowest BCUT2D eigenvalue weighted by molar-refractivity contribution is 0.0520. The second-order valence-electron chi connectivity index (χ2n) is 5.18. The fraction of sp³-hybridized carbons (Fsp3) is 0.471. The molecule has 5 nitrogen and oxygen atoms in total. The molecule has 0 aliphatic rings. The van der Waals surface area contributed by atoms with Crippen LogP contribution in [0, 0.1) is 0 Å². The second-order valence-corrected chi connectivity index (χ2v) is 6.35. The van der Waals surface area contributed by atoms with Gasteiger partial charge < -0.3 is 4.74 Å². The van der Waals surface area contributed by atoms with Crippen molar-refractivity contribution in [3.8, 4) is 11.3 Å². The van der Waals surface area contributed by atoms with Gasteiger partial charge in [-0.1, -0.05) is 38.3 Å². The van der Waals surface area contributed by atoms with Crippen LogP contribution in [0.1, 0.15) is 50.0 Å². The minimum absolute atomic E-state index is 0.233. The number of carbonyl (C=O) groups is 1. The second kappa shape index (κ2) is 9.35. The van der Waals surface area contributed by atoms with Crippen LogP contribution in [0.2, 0.25) is 0 Å². The molecule has 124 valence electrons. The van der Waals surface area contributed by atoms with Crippen LogP contribution in [0.4, 0.5) is 0 Å². The molecule has 23 heavy (non-hydrogen) atoms. The Labute approximate surface area is 141 Å². The van der Waals surface area contributed by atoms with Crippen molar-refractivity contribution in [3.63, 3.8) is 0 Å². The maximum absolute atomic E-state index is 11.9. The minimum Gasteiger partial charge on any atom is -0.461 e. The highest BCUT2D eigenvalue weighted by Gasteiger charge is 2.19. The molecule has 1 aromatic heterocycles. The molecule has 6 heteroatoms. The fourth-order valence-electron chi connectivity index (χ4n) is 2.23. The van der Waals surface area contributed by atoms with E-state index in [1.165, 1.54) is 30.6 Å². The van der Waals surface area contributed by atoms with Crippen molar-refractivity contribution in [2.75, 3.05) is 12.4 Å². The van der Waals surface area contributed by atoms with E-state index < -0.39 is 5.97 Å². The van der Waals surface area contributed by atoms with E-state index in [1.807, 2.05) is 30.0 Å². The van der Waals surface area contributed by atoms with Crippen molar-refractivity contribution in [2.24, 2.45) is 0 Å². The molecular weight excluding hydrogens is 310 g/mol. The predicted molar refractivity (Wildman–Crippen MR) is 92.6 cm³/mol. The van der Waals surface area contributed by atoms with Crippen molar-refractivity contribution < 1.29 is 9.53 Å². The molecule has 0 amide bonds. The number of hydrogen-bond donors (Lipinski definition) is 1. The zero-order valence-corrected chi connectivity index (χ0v) is 14.5. The van der Waals surface area contributed by atoms with E-state index in [0.29, 0.717) is 12.3 Å². The lowest BCUT2D eigenvalue weighted by atomic mass is 10.1. The number of nitrogens with one attached hydrogen (secondary N) is 1. The molecule has 1 aromatic carbocycles. The first-order valence-corrected chi connectivity index (χ1v) is 9.06. The number of unbranched alkanes of at least 4 members (excludes halogenated alkanes) is 3. The SMILES string of the molecule is CCCCCCSc1cccc(-c2n[nH]nc2C(=O)OCC)c1. The van der Waals surface area contributed by atoms with Crippen LogP contribution in [-0.2, 0) is 4.74 Å². The number of H-pyrrole nitrogens is 1. The molecule has 0 atom stereocenters. The predicted octanol–water partition coefficient (Wildman–Crippen LogP) is 4.32. The number of thioether (sulfide) groups is 1. The normalized spacial score (nSPS) is 10.7. The third kappa shape index (κ3) is 5.10. The maximum Gasteiger partial charge on any atom is 0.361 e. The Morgan fingerprint density at radius 1 is 1.22 bits per heavy atom. The zero-order valence-electron chi connectivity index (χ0n) is 13.7. The molecule has 0 aliphatic carbocycles. The molecule has 0 spiro atoms. The number of rotatable bonds is 9. The first-order chi connectivity index (χ1) is 11.3. The molecule has 0 fully saturated rings. The highest BCUT2D eigenvalue weighted by molar-refractivity contribution is 7.99. The Hall–Kier alpha value is -1.82. The van der Waals surface area contributed by atoms with Gasteiger partial charge in [-0.15, -0.1) is 16.9 Å². The summed E-state index contributed by atoms with van der Waals surface area (Å²) in [7, 11) is 0. The van der Waals surface area contributed by atoms with Crippen LogP contribution in [-0.4, -0.2) is 33.7 Å². The number of aromatic nitrogens is 3. The number of hydrogen-bond acceptors (Lipinski definition) is 5. The van der Waals surface area contributed by atoms with Gasteiger partial charge in [-0.3, -0.25) is 0 Å². The van der Waals surface area contributed by atoms with Crippen molar-refractivity contribution in [3.05, 3.63) is 30.0 Å². The summed E-state index contributed by atoms with van der Waals surface area (Å²) in [5.74, 6) is 0.654. The smallest absolute Gasteiger partial charge is 0.361 e. The number of benzene rings is 1. The van der Waals surface area contributed by atoms with Gasteiger partial charge in [-0.25, -0.2) is 4.79 Å². The van der Waals surface area contributed by atoms with Crippen LogP contribution in [0.5, 0.6) is 0 Å². The largest absolute Gasteiger partial charge is 0.461 e. The molecule has 2 rings (SSSR count). The van der Waals surface area contributed by atoms with Gasteiger partial charge in [0.25, 0.3) is 0 Å². The third-order valence-electron chi connectivity index (χ3n) is 3.39. The lowest BCUT2D eigenvalue weighted by Gasteiger charge is -2.05. The number of ether oxygens (including phenoxy) is 1. The van der Waals surface area contributed by atoms with Crippen LogP contribution < -0.4 is 0 Å². The summed E-state index contributed by atoms with van der Waals surface area (Å²) in [5.41, 5.74) is 1.65.